The second kappa shape index (κ2) is 3.34. The van der Waals surface area contributed by atoms with Crippen LogP contribution in [0.2, 0.25) is 0 Å². The summed E-state index contributed by atoms with van der Waals surface area (Å²) in [5.41, 5.74) is 11.5. The first-order chi connectivity index (χ1) is 4.61. The summed E-state index contributed by atoms with van der Waals surface area (Å²) in [4.78, 5) is 0. The predicted molar refractivity (Wildman–Crippen MR) is 50.7 cm³/mol. The number of nitrogens with two attached hydrogens (primary N) is 2. The number of thiol groups is 2. The van der Waals surface area contributed by atoms with Gasteiger partial charge in [-0.3, -0.25) is 0 Å². The summed E-state index contributed by atoms with van der Waals surface area (Å²) in [5.74, 6) is 0. The third-order valence-corrected chi connectivity index (χ3v) is 3.20. The van der Waals surface area contributed by atoms with Crippen molar-refractivity contribution in [3.05, 3.63) is 0 Å². The van der Waals surface area contributed by atoms with E-state index < -0.39 is 0 Å². The maximum atomic E-state index is 5.75. The lowest BCUT2D eigenvalue weighted by Gasteiger charge is -2.33. The Morgan fingerprint density at radius 3 is 1.50 bits per heavy atom. The van der Waals surface area contributed by atoms with E-state index in [0.717, 1.165) is 12.8 Å². The number of rotatable bonds is 0. The highest BCUT2D eigenvalue weighted by atomic mass is 32.1. The van der Waals surface area contributed by atoms with Gasteiger partial charge in [0.05, 0.1) is 0 Å². The first-order valence-electron chi connectivity index (χ1n) is 3.48. The largest absolute Gasteiger partial charge is 0.327 e. The van der Waals surface area contributed by atoms with Crippen molar-refractivity contribution in [3.8, 4) is 0 Å². The van der Waals surface area contributed by atoms with E-state index in [2.05, 4.69) is 25.3 Å². The Balaban J connectivity index is 2.46. The molecular formula is C6H14N2S2. The molecule has 10 heavy (non-hydrogen) atoms. The maximum Gasteiger partial charge on any atom is 0.0184 e. The van der Waals surface area contributed by atoms with E-state index in [1.54, 1.807) is 0 Å². The van der Waals surface area contributed by atoms with Crippen LogP contribution in [-0.2, 0) is 0 Å². The van der Waals surface area contributed by atoms with Gasteiger partial charge in [-0.1, -0.05) is 0 Å². The molecule has 0 aromatic rings. The highest BCUT2D eigenvalue weighted by molar-refractivity contribution is 7.81. The zero-order valence-corrected chi connectivity index (χ0v) is 7.56. The molecule has 0 amide bonds. The molecule has 0 aromatic carbocycles. The summed E-state index contributed by atoms with van der Waals surface area (Å²) >= 11 is 8.63. The van der Waals surface area contributed by atoms with Gasteiger partial charge in [-0.05, 0) is 12.8 Å². The van der Waals surface area contributed by atoms with Crippen LogP contribution in [-0.4, -0.2) is 22.6 Å². The van der Waals surface area contributed by atoms with Gasteiger partial charge in [-0.2, -0.15) is 25.3 Å². The molecule has 0 heterocycles. The van der Waals surface area contributed by atoms with Crippen LogP contribution in [0.3, 0.4) is 0 Å². The van der Waals surface area contributed by atoms with Crippen molar-refractivity contribution in [1.82, 2.24) is 0 Å². The quantitative estimate of drug-likeness (QED) is 0.396. The Bertz CT molecular complexity index is 94.3. The lowest BCUT2D eigenvalue weighted by Crippen LogP contribution is -2.48. The second-order valence-electron chi connectivity index (χ2n) is 2.93. The molecule has 1 aliphatic carbocycles. The molecule has 0 aromatic heterocycles. The Labute approximate surface area is 72.5 Å². The van der Waals surface area contributed by atoms with Gasteiger partial charge in [0.15, 0.2) is 0 Å². The zero-order valence-electron chi connectivity index (χ0n) is 5.77. The summed E-state index contributed by atoms with van der Waals surface area (Å²) in [5, 5.41) is 0.525. The lowest BCUT2D eigenvalue weighted by molar-refractivity contribution is 0.419. The van der Waals surface area contributed by atoms with Gasteiger partial charge in [-0.25, -0.2) is 0 Å². The monoisotopic (exact) mass is 178 g/mol. The summed E-state index contributed by atoms with van der Waals surface area (Å²) in [6.07, 6.45) is 1.77. The maximum absolute atomic E-state index is 5.75. The molecule has 4 atom stereocenters. The molecular weight excluding hydrogens is 164 g/mol. The first-order valence-corrected chi connectivity index (χ1v) is 4.52. The van der Waals surface area contributed by atoms with Gasteiger partial charge in [0.1, 0.15) is 0 Å². The van der Waals surface area contributed by atoms with Crippen LogP contribution in [0.4, 0.5) is 0 Å². The molecule has 4 heteroatoms. The molecule has 60 valence electrons. The fourth-order valence-corrected chi connectivity index (χ4v) is 1.95. The first kappa shape index (κ1) is 8.71. The third kappa shape index (κ3) is 1.81. The van der Waals surface area contributed by atoms with E-state index in [0.29, 0.717) is 0 Å². The van der Waals surface area contributed by atoms with Gasteiger partial charge < -0.3 is 11.5 Å². The smallest absolute Gasteiger partial charge is 0.0184 e. The van der Waals surface area contributed by atoms with Crippen LogP contribution in [0, 0.1) is 0 Å². The van der Waals surface area contributed by atoms with Crippen molar-refractivity contribution in [2.45, 2.75) is 35.4 Å². The SMILES string of the molecule is NC1CC(S)C(N)CC1S. The molecule has 1 fully saturated rings. The van der Waals surface area contributed by atoms with Crippen molar-refractivity contribution in [2.75, 3.05) is 0 Å². The van der Waals surface area contributed by atoms with Crippen molar-refractivity contribution < 1.29 is 0 Å². The van der Waals surface area contributed by atoms with Crippen molar-refractivity contribution in [1.29, 1.82) is 0 Å². The molecule has 0 radical (unpaired) electrons. The van der Waals surface area contributed by atoms with Crippen LogP contribution in [0.5, 0.6) is 0 Å². The van der Waals surface area contributed by atoms with E-state index in [1.165, 1.54) is 0 Å². The van der Waals surface area contributed by atoms with Crippen molar-refractivity contribution in [3.63, 3.8) is 0 Å². The molecule has 0 aliphatic heterocycles. The van der Waals surface area contributed by atoms with Gasteiger partial charge in [0.25, 0.3) is 0 Å². The minimum absolute atomic E-state index is 0.172. The van der Waals surface area contributed by atoms with E-state index in [1.807, 2.05) is 0 Å². The summed E-state index contributed by atoms with van der Waals surface area (Å²) in [6.45, 7) is 0. The number of hydrogen-bond donors (Lipinski definition) is 4. The van der Waals surface area contributed by atoms with Crippen LogP contribution >= 0.6 is 25.3 Å². The molecule has 0 bridgehead atoms. The van der Waals surface area contributed by atoms with Crippen LogP contribution in [0.25, 0.3) is 0 Å². The zero-order chi connectivity index (χ0) is 7.72. The molecule has 1 rings (SSSR count). The van der Waals surface area contributed by atoms with E-state index in [9.17, 15) is 0 Å². The third-order valence-electron chi connectivity index (χ3n) is 2.02. The van der Waals surface area contributed by atoms with Gasteiger partial charge in [-0.15, -0.1) is 0 Å². The summed E-state index contributed by atoms with van der Waals surface area (Å²) in [6, 6.07) is 0.344. The molecule has 4 unspecified atom stereocenters. The lowest BCUT2D eigenvalue weighted by atomic mass is 9.91. The Morgan fingerprint density at radius 2 is 1.20 bits per heavy atom. The summed E-state index contributed by atoms with van der Waals surface area (Å²) in [7, 11) is 0. The van der Waals surface area contributed by atoms with Crippen molar-refractivity contribution >= 4 is 25.3 Å². The molecule has 1 saturated carbocycles. The molecule has 4 N–H and O–H groups in total. The van der Waals surface area contributed by atoms with E-state index in [-0.39, 0.29) is 22.6 Å². The Hall–Kier alpha value is 0.620. The average molecular weight is 178 g/mol. The highest BCUT2D eigenvalue weighted by Crippen LogP contribution is 2.24. The van der Waals surface area contributed by atoms with Gasteiger partial charge >= 0.3 is 0 Å². The minimum atomic E-state index is 0.172. The predicted octanol–water partition coefficient (Wildman–Crippen LogP) is 0.0316. The molecule has 0 saturated heterocycles. The minimum Gasteiger partial charge on any atom is -0.327 e. The van der Waals surface area contributed by atoms with Gasteiger partial charge in [0, 0.05) is 22.6 Å². The van der Waals surface area contributed by atoms with E-state index >= 15 is 0 Å². The van der Waals surface area contributed by atoms with Gasteiger partial charge in [0.2, 0.25) is 0 Å². The standard InChI is InChI=1S/C6H14N2S2/c7-3-1-5(9)4(8)2-6(3)10/h3-6,9-10H,1-2,7-8H2. The highest BCUT2D eigenvalue weighted by Gasteiger charge is 2.29. The van der Waals surface area contributed by atoms with E-state index in [4.69, 9.17) is 11.5 Å². The Kier molecular flexibility index (Phi) is 2.91. The second-order valence-corrected chi connectivity index (χ2v) is 4.26. The fraction of sp³-hybridized carbons (Fsp3) is 1.00. The Morgan fingerprint density at radius 1 is 0.900 bits per heavy atom. The fourth-order valence-electron chi connectivity index (χ4n) is 1.22. The van der Waals surface area contributed by atoms with Crippen LogP contribution in [0.1, 0.15) is 12.8 Å². The molecule has 2 nitrogen and oxygen atoms in total. The van der Waals surface area contributed by atoms with Crippen molar-refractivity contribution in [2.24, 2.45) is 11.5 Å². The average Bonchev–Trinajstić information content (AvgIpc) is 1.84. The molecule has 1 aliphatic rings. The topological polar surface area (TPSA) is 52.0 Å². The van der Waals surface area contributed by atoms with Crippen LogP contribution in [0.15, 0.2) is 0 Å². The molecule has 0 spiro atoms. The summed E-state index contributed by atoms with van der Waals surface area (Å²) < 4.78 is 0. The number of hydrogen-bond acceptors (Lipinski definition) is 4. The normalized spacial score (nSPS) is 49.2. The van der Waals surface area contributed by atoms with Crippen LogP contribution < -0.4 is 11.5 Å².